The summed E-state index contributed by atoms with van der Waals surface area (Å²) in [5.41, 5.74) is 1.75. The summed E-state index contributed by atoms with van der Waals surface area (Å²) >= 11 is 0. The number of ether oxygens (including phenoxy) is 1. The highest BCUT2D eigenvalue weighted by molar-refractivity contribution is 5.98. The summed E-state index contributed by atoms with van der Waals surface area (Å²) < 4.78 is 4.94. The number of rotatable bonds is 4. The van der Waals surface area contributed by atoms with Gasteiger partial charge in [-0.2, -0.15) is 0 Å². The average Bonchev–Trinajstić information content (AvgIpc) is 2.54. The first-order valence-electron chi connectivity index (χ1n) is 8.04. The van der Waals surface area contributed by atoms with Crippen LogP contribution >= 0.6 is 0 Å². The second-order valence-electron chi connectivity index (χ2n) is 5.94. The minimum Gasteiger partial charge on any atom is -0.469 e. The summed E-state index contributed by atoms with van der Waals surface area (Å²) in [5.74, 6) is -0.325. The number of nitrogens with zero attached hydrogens (tertiary/aromatic N) is 1. The van der Waals surface area contributed by atoms with Gasteiger partial charge in [0.1, 0.15) is 0 Å². The van der Waals surface area contributed by atoms with Gasteiger partial charge in [0, 0.05) is 17.6 Å². The molecule has 0 saturated heterocycles. The van der Waals surface area contributed by atoms with Crippen molar-refractivity contribution in [2.45, 2.75) is 52.0 Å². The van der Waals surface area contributed by atoms with E-state index in [4.69, 9.17) is 4.74 Å². The average molecular weight is 303 g/mol. The monoisotopic (exact) mass is 303 g/mol. The van der Waals surface area contributed by atoms with Gasteiger partial charge >= 0.3 is 5.97 Å². The largest absolute Gasteiger partial charge is 0.469 e. The Balaban J connectivity index is 2.44. The molecule has 120 valence electrons. The summed E-state index contributed by atoms with van der Waals surface area (Å²) in [5, 5.41) is 0. The molecule has 0 spiro atoms. The molecule has 0 aromatic heterocycles. The smallest absolute Gasteiger partial charge is 0.313 e. The Labute approximate surface area is 132 Å². The van der Waals surface area contributed by atoms with E-state index in [0.29, 0.717) is 6.42 Å². The number of para-hydroxylation sites is 1. The van der Waals surface area contributed by atoms with Crippen molar-refractivity contribution in [3.63, 3.8) is 0 Å². The minimum absolute atomic E-state index is 0.00731. The lowest BCUT2D eigenvalue weighted by Crippen LogP contribution is -2.47. The predicted octanol–water partition coefficient (Wildman–Crippen LogP) is 3.50. The molecule has 1 aromatic rings. The number of anilines is 1. The number of amides is 1. The molecule has 4 heteroatoms. The van der Waals surface area contributed by atoms with E-state index in [1.54, 1.807) is 0 Å². The predicted molar refractivity (Wildman–Crippen MR) is 86.8 cm³/mol. The molecule has 1 aromatic carbocycles. The van der Waals surface area contributed by atoms with Crippen LogP contribution in [-0.4, -0.2) is 25.0 Å². The molecule has 1 aliphatic heterocycles. The second-order valence-corrected chi connectivity index (χ2v) is 5.94. The molecular weight excluding hydrogens is 278 g/mol. The van der Waals surface area contributed by atoms with Gasteiger partial charge in [0.05, 0.1) is 13.0 Å². The summed E-state index contributed by atoms with van der Waals surface area (Å²) in [6.07, 6.45) is 2.28. The van der Waals surface area contributed by atoms with Gasteiger partial charge in [0.15, 0.2) is 0 Å². The highest BCUT2D eigenvalue weighted by Gasteiger charge is 2.38. The first kappa shape index (κ1) is 16.5. The van der Waals surface area contributed by atoms with Crippen molar-refractivity contribution in [1.29, 1.82) is 0 Å². The topological polar surface area (TPSA) is 46.6 Å². The van der Waals surface area contributed by atoms with Crippen LogP contribution in [0.4, 0.5) is 5.69 Å². The maximum Gasteiger partial charge on any atom is 0.313 e. The van der Waals surface area contributed by atoms with Gasteiger partial charge in [-0.25, -0.2) is 0 Å². The maximum absolute atomic E-state index is 12.9. The zero-order valence-corrected chi connectivity index (χ0v) is 13.8. The third kappa shape index (κ3) is 2.87. The molecule has 0 bridgehead atoms. The second kappa shape index (κ2) is 6.95. The lowest BCUT2D eigenvalue weighted by Gasteiger charge is -2.39. The fraction of sp³-hybridized carbons (Fsp3) is 0.556. The van der Waals surface area contributed by atoms with E-state index in [0.717, 1.165) is 24.1 Å². The lowest BCUT2D eigenvalue weighted by atomic mass is 9.85. The number of methoxy groups -OCH3 is 1. The molecule has 2 rings (SSSR count). The molecule has 22 heavy (non-hydrogen) atoms. The number of hydrogen-bond donors (Lipinski definition) is 0. The third-order valence-electron chi connectivity index (χ3n) is 4.65. The van der Waals surface area contributed by atoms with Crippen LogP contribution in [0.2, 0.25) is 0 Å². The number of benzene rings is 1. The number of fused-ring (bicyclic) bond motifs is 1. The molecule has 2 unspecified atom stereocenters. The third-order valence-corrected chi connectivity index (χ3v) is 4.65. The Morgan fingerprint density at radius 3 is 2.50 bits per heavy atom. The molecule has 2 atom stereocenters. The van der Waals surface area contributed by atoms with Gasteiger partial charge in [0.2, 0.25) is 5.91 Å². The summed E-state index contributed by atoms with van der Waals surface area (Å²) in [7, 11) is 1.41. The standard InChI is InChI=1S/C18H25NO3/c1-5-13(6-2)17(20)19-12(3)11-15(18(21)22-4)14-9-7-8-10-16(14)19/h7-10,12-13,15H,5-6,11H2,1-4H3. The highest BCUT2D eigenvalue weighted by atomic mass is 16.5. The molecule has 1 aliphatic rings. The van der Waals surface area contributed by atoms with E-state index in [1.807, 2.05) is 49.9 Å². The van der Waals surface area contributed by atoms with Crippen molar-refractivity contribution in [1.82, 2.24) is 0 Å². The van der Waals surface area contributed by atoms with Crippen LogP contribution in [0.15, 0.2) is 24.3 Å². The summed E-state index contributed by atoms with van der Waals surface area (Å²) in [6, 6.07) is 7.67. The van der Waals surface area contributed by atoms with Crippen LogP contribution in [0, 0.1) is 5.92 Å². The first-order chi connectivity index (χ1) is 10.5. The van der Waals surface area contributed by atoms with E-state index in [2.05, 4.69) is 0 Å². The fourth-order valence-corrected chi connectivity index (χ4v) is 3.35. The van der Waals surface area contributed by atoms with Crippen molar-refractivity contribution in [2.75, 3.05) is 12.0 Å². The van der Waals surface area contributed by atoms with Crippen LogP contribution in [0.3, 0.4) is 0 Å². The van der Waals surface area contributed by atoms with Crippen LogP contribution in [-0.2, 0) is 14.3 Å². The van der Waals surface area contributed by atoms with Gasteiger partial charge in [-0.1, -0.05) is 32.0 Å². The van der Waals surface area contributed by atoms with Gasteiger partial charge in [-0.3, -0.25) is 9.59 Å². The molecule has 0 fully saturated rings. The highest BCUT2D eigenvalue weighted by Crippen LogP contribution is 2.40. The molecule has 0 radical (unpaired) electrons. The number of hydrogen-bond acceptors (Lipinski definition) is 3. The van der Waals surface area contributed by atoms with Crippen molar-refractivity contribution in [3.8, 4) is 0 Å². The molecule has 1 heterocycles. The van der Waals surface area contributed by atoms with Crippen LogP contribution < -0.4 is 4.90 Å². The number of carbonyl (C=O) groups excluding carboxylic acids is 2. The Hall–Kier alpha value is -1.84. The Kier molecular flexibility index (Phi) is 5.22. The zero-order valence-electron chi connectivity index (χ0n) is 13.8. The van der Waals surface area contributed by atoms with Crippen molar-refractivity contribution >= 4 is 17.6 Å². The fourth-order valence-electron chi connectivity index (χ4n) is 3.35. The summed E-state index contributed by atoms with van der Waals surface area (Å²) in [6.45, 7) is 6.10. The molecule has 0 aliphatic carbocycles. The van der Waals surface area contributed by atoms with Crippen molar-refractivity contribution < 1.29 is 14.3 Å². The quantitative estimate of drug-likeness (QED) is 0.800. The lowest BCUT2D eigenvalue weighted by molar-refractivity contribution is -0.143. The van der Waals surface area contributed by atoms with Crippen LogP contribution in [0.5, 0.6) is 0 Å². The van der Waals surface area contributed by atoms with E-state index in [9.17, 15) is 9.59 Å². The van der Waals surface area contributed by atoms with E-state index in [-0.39, 0.29) is 29.8 Å². The number of carbonyl (C=O) groups is 2. The van der Waals surface area contributed by atoms with Crippen LogP contribution in [0.25, 0.3) is 0 Å². The normalized spacial score (nSPS) is 20.7. The number of esters is 1. The summed E-state index contributed by atoms with van der Waals surface area (Å²) in [4.78, 5) is 26.8. The molecule has 1 amide bonds. The Morgan fingerprint density at radius 2 is 1.91 bits per heavy atom. The van der Waals surface area contributed by atoms with E-state index in [1.165, 1.54) is 7.11 Å². The van der Waals surface area contributed by atoms with Crippen LogP contribution in [0.1, 0.15) is 51.5 Å². The molecule has 0 N–H and O–H groups in total. The zero-order chi connectivity index (χ0) is 16.3. The van der Waals surface area contributed by atoms with Gasteiger partial charge in [0.25, 0.3) is 0 Å². The Morgan fingerprint density at radius 1 is 1.27 bits per heavy atom. The minimum atomic E-state index is -0.290. The van der Waals surface area contributed by atoms with Gasteiger partial charge in [-0.05, 0) is 37.8 Å². The van der Waals surface area contributed by atoms with Gasteiger partial charge in [-0.15, -0.1) is 0 Å². The van der Waals surface area contributed by atoms with Crippen molar-refractivity contribution in [3.05, 3.63) is 29.8 Å². The molecule has 4 nitrogen and oxygen atoms in total. The van der Waals surface area contributed by atoms with Crippen molar-refractivity contribution in [2.24, 2.45) is 5.92 Å². The first-order valence-corrected chi connectivity index (χ1v) is 8.04. The van der Waals surface area contributed by atoms with E-state index >= 15 is 0 Å². The maximum atomic E-state index is 12.9. The molecular formula is C18H25NO3. The van der Waals surface area contributed by atoms with Gasteiger partial charge < -0.3 is 9.64 Å². The SMILES string of the molecule is CCC(CC)C(=O)N1c2ccccc2C(C(=O)OC)CC1C. The molecule has 0 saturated carbocycles. The van der Waals surface area contributed by atoms with E-state index < -0.39 is 0 Å². The Bertz CT molecular complexity index is 551.